The molecule has 0 aliphatic carbocycles. The van der Waals surface area contributed by atoms with Gasteiger partial charge in [-0.1, -0.05) is 19.9 Å². The molecule has 0 spiro atoms. The molecule has 4 heterocycles. The first kappa shape index (κ1) is 23.9. The number of anilines is 2. The Labute approximate surface area is 210 Å². The van der Waals surface area contributed by atoms with Gasteiger partial charge >= 0.3 is 6.03 Å². The Balaban J connectivity index is 1.56. The number of fused-ring (bicyclic) bond motifs is 1. The van der Waals surface area contributed by atoms with Gasteiger partial charge in [0.05, 0.1) is 11.4 Å². The fourth-order valence-corrected chi connectivity index (χ4v) is 6.41. The maximum atomic E-state index is 13.5. The predicted octanol–water partition coefficient (Wildman–Crippen LogP) is 3.71. The van der Waals surface area contributed by atoms with E-state index >= 15 is 0 Å². The largest absolute Gasteiger partial charge is 0.332 e. The Morgan fingerprint density at radius 3 is 2.33 bits per heavy atom. The summed E-state index contributed by atoms with van der Waals surface area (Å²) in [5, 5.41) is 0. The molecule has 0 radical (unpaired) electrons. The molecule has 9 nitrogen and oxygen atoms in total. The van der Waals surface area contributed by atoms with Crippen LogP contribution in [0.4, 0.5) is 16.2 Å². The van der Waals surface area contributed by atoms with Crippen molar-refractivity contribution in [3.8, 4) is 0 Å². The van der Waals surface area contributed by atoms with Crippen LogP contribution in [-0.2, 0) is 26.8 Å². The van der Waals surface area contributed by atoms with Crippen LogP contribution in [0, 0.1) is 0 Å². The van der Waals surface area contributed by atoms with E-state index in [1.54, 1.807) is 56.6 Å². The Bertz CT molecular complexity index is 1460. The molecule has 1 fully saturated rings. The number of pyridine rings is 2. The van der Waals surface area contributed by atoms with Gasteiger partial charge in [0.25, 0.3) is 15.9 Å². The number of rotatable bonds is 5. The van der Waals surface area contributed by atoms with Gasteiger partial charge in [0.2, 0.25) is 0 Å². The molecule has 5 rings (SSSR count). The van der Waals surface area contributed by atoms with Crippen LogP contribution in [0.5, 0.6) is 0 Å². The summed E-state index contributed by atoms with van der Waals surface area (Å²) < 4.78 is 28.4. The highest BCUT2D eigenvalue weighted by atomic mass is 32.2. The van der Waals surface area contributed by atoms with Gasteiger partial charge in [0.1, 0.15) is 10.4 Å². The van der Waals surface area contributed by atoms with Crippen LogP contribution in [0.15, 0.2) is 72.1 Å². The summed E-state index contributed by atoms with van der Waals surface area (Å²) in [6.45, 7) is 7.83. The van der Waals surface area contributed by atoms with Crippen LogP contribution >= 0.6 is 0 Å². The van der Waals surface area contributed by atoms with Gasteiger partial charge in [-0.05, 0) is 61.4 Å². The first-order valence-corrected chi connectivity index (χ1v) is 13.0. The average Bonchev–Trinajstić information content (AvgIpc) is 3.22. The number of sulfonamides is 1. The van der Waals surface area contributed by atoms with Gasteiger partial charge in [0.15, 0.2) is 0 Å². The summed E-state index contributed by atoms with van der Waals surface area (Å²) in [6.07, 6.45) is 6.12. The minimum Gasteiger partial charge on any atom is -0.305 e. The van der Waals surface area contributed by atoms with E-state index in [1.807, 2.05) is 19.9 Å². The van der Waals surface area contributed by atoms with E-state index in [0.717, 1.165) is 16.0 Å². The molecule has 0 unspecified atom stereocenters. The number of carbonyl (C=O) groups excluding carboxylic acids is 2. The minimum atomic E-state index is -3.90. The number of carbonyl (C=O) groups is 2. The highest BCUT2D eigenvalue weighted by Crippen LogP contribution is 2.45. The summed E-state index contributed by atoms with van der Waals surface area (Å²) in [5.41, 5.74) is 0.913. The highest BCUT2D eigenvalue weighted by Gasteiger charge is 2.52. The molecule has 0 saturated carbocycles. The van der Waals surface area contributed by atoms with Crippen molar-refractivity contribution < 1.29 is 18.0 Å². The smallest absolute Gasteiger partial charge is 0.305 e. The first-order chi connectivity index (χ1) is 16.9. The van der Waals surface area contributed by atoms with Crippen LogP contribution in [0.3, 0.4) is 0 Å². The van der Waals surface area contributed by atoms with E-state index in [0.29, 0.717) is 11.4 Å². The number of hydrogen-bond donors (Lipinski definition) is 0. The second kappa shape index (κ2) is 8.12. The molecule has 2 aliphatic heterocycles. The zero-order chi connectivity index (χ0) is 25.9. The van der Waals surface area contributed by atoms with E-state index in [2.05, 4.69) is 9.97 Å². The normalized spacial score (nSPS) is 18.6. The highest BCUT2D eigenvalue weighted by molar-refractivity contribution is 7.92. The topological polar surface area (TPSA) is 104 Å². The zero-order valence-electron chi connectivity index (χ0n) is 20.5. The van der Waals surface area contributed by atoms with Crippen LogP contribution < -0.4 is 9.21 Å². The van der Waals surface area contributed by atoms with Crippen molar-refractivity contribution in [3.63, 3.8) is 0 Å². The second-order valence-electron chi connectivity index (χ2n) is 10.2. The first-order valence-electron chi connectivity index (χ1n) is 11.6. The Kier molecular flexibility index (Phi) is 5.40. The molecule has 0 bridgehead atoms. The van der Waals surface area contributed by atoms with Gasteiger partial charge in [0, 0.05) is 43.3 Å². The lowest BCUT2D eigenvalue weighted by Gasteiger charge is -2.27. The summed E-state index contributed by atoms with van der Waals surface area (Å²) in [7, 11) is -3.90. The third kappa shape index (κ3) is 3.63. The lowest BCUT2D eigenvalue weighted by Crippen LogP contribution is -2.43. The lowest BCUT2D eigenvalue weighted by molar-refractivity contribution is -0.123. The quantitative estimate of drug-likeness (QED) is 0.490. The predicted molar refractivity (Wildman–Crippen MR) is 135 cm³/mol. The van der Waals surface area contributed by atoms with Gasteiger partial charge in [-0.25, -0.2) is 18.1 Å². The molecule has 0 N–H and O–H groups in total. The summed E-state index contributed by atoms with van der Waals surface area (Å²) >= 11 is 0. The maximum Gasteiger partial charge on any atom is 0.332 e. The molecule has 2 aromatic heterocycles. The minimum absolute atomic E-state index is 0.0806. The van der Waals surface area contributed by atoms with Crippen molar-refractivity contribution in [2.24, 2.45) is 0 Å². The zero-order valence-corrected chi connectivity index (χ0v) is 21.4. The number of hydrogen-bond acceptors (Lipinski definition) is 6. The Morgan fingerprint density at radius 1 is 0.944 bits per heavy atom. The fraction of sp³-hybridized carbons (Fsp3) is 0.308. The lowest BCUT2D eigenvalue weighted by atomic mass is 9.87. The molecule has 1 saturated heterocycles. The van der Waals surface area contributed by atoms with Crippen LogP contribution in [0.2, 0.25) is 0 Å². The fourth-order valence-electron chi connectivity index (χ4n) is 4.81. The molecule has 10 heteroatoms. The van der Waals surface area contributed by atoms with E-state index < -0.39 is 27.0 Å². The Morgan fingerprint density at radius 2 is 1.67 bits per heavy atom. The molecule has 36 heavy (non-hydrogen) atoms. The van der Waals surface area contributed by atoms with Gasteiger partial charge in [-0.3, -0.25) is 19.1 Å². The van der Waals surface area contributed by atoms with E-state index in [1.165, 1.54) is 27.7 Å². The van der Waals surface area contributed by atoms with Gasteiger partial charge in [-0.2, -0.15) is 0 Å². The van der Waals surface area contributed by atoms with E-state index in [9.17, 15) is 18.0 Å². The number of urea groups is 1. The van der Waals surface area contributed by atoms with Crippen molar-refractivity contribution >= 4 is 33.3 Å². The van der Waals surface area contributed by atoms with Crippen LogP contribution in [0.25, 0.3) is 0 Å². The van der Waals surface area contributed by atoms with E-state index in [-0.39, 0.29) is 23.9 Å². The molecule has 3 aromatic rings. The molecular formula is C26H27N5O4S. The second-order valence-corrected chi connectivity index (χ2v) is 12.1. The monoisotopic (exact) mass is 505 g/mol. The number of aromatic nitrogens is 2. The van der Waals surface area contributed by atoms with Gasteiger partial charge < -0.3 is 4.90 Å². The van der Waals surface area contributed by atoms with E-state index in [4.69, 9.17) is 0 Å². The third-order valence-electron chi connectivity index (χ3n) is 6.91. The van der Waals surface area contributed by atoms with Crippen molar-refractivity contribution in [3.05, 3.63) is 78.4 Å². The standard InChI is InChI=1S/C26H27N5O4S/c1-25(2)17-30(36(34,35)20-6-5-11-28-15-20)22-14-19(7-8-21(22)25)31-23(32)26(3,4)29(24(31)33)16-18-9-12-27-13-10-18/h5-15H,16-17H2,1-4H3. The van der Waals surface area contributed by atoms with Crippen molar-refractivity contribution in [2.75, 3.05) is 15.7 Å². The Hall–Kier alpha value is -3.79. The summed E-state index contributed by atoms with van der Waals surface area (Å²) in [5.74, 6) is -0.375. The molecule has 1 aromatic carbocycles. The van der Waals surface area contributed by atoms with Gasteiger partial charge in [-0.15, -0.1) is 0 Å². The summed E-state index contributed by atoms with van der Waals surface area (Å²) in [6, 6.07) is 11.4. The molecule has 186 valence electrons. The average molecular weight is 506 g/mol. The maximum absolute atomic E-state index is 13.5. The number of benzene rings is 1. The SMILES string of the molecule is CC1(C)CN(S(=O)(=O)c2cccnc2)c2cc(N3C(=O)N(Cc4ccncc4)C(C)(C)C3=O)ccc21. The number of imide groups is 1. The van der Waals surface area contributed by atoms with Crippen molar-refractivity contribution in [2.45, 2.75) is 50.1 Å². The van der Waals surface area contributed by atoms with Crippen molar-refractivity contribution in [1.82, 2.24) is 14.9 Å². The number of amides is 3. The third-order valence-corrected chi connectivity index (χ3v) is 8.66. The number of nitrogens with zero attached hydrogens (tertiary/aromatic N) is 5. The molecule has 0 atom stereocenters. The summed E-state index contributed by atoms with van der Waals surface area (Å²) in [4.78, 5) is 37.7. The van der Waals surface area contributed by atoms with Crippen LogP contribution in [-0.4, -0.2) is 47.3 Å². The molecular weight excluding hydrogens is 478 g/mol. The van der Waals surface area contributed by atoms with Crippen molar-refractivity contribution in [1.29, 1.82) is 0 Å². The molecule has 2 aliphatic rings. The molecule has 3 amide bonds. The van der Waals surface area contributed by atoms with Crippen LogP contribution in [0.1, 0.15) is 38.8 Å².